The smallest absolute Gasteiger partial charge is 0.341 e. The number of carbonyl (C=O) groups is 1. The highest BCUT2D eigenvalue weighted by Gasteiger charge is 2.10. The number of methoxy groups -OCH3 is 1. The predicted octanol–water partition coefficient (Wildman–Crippen LogP) is 1.67. The summed E-state index contributed by atoms with van der Waals surface area (Å²) in [7, 11) is 1.34. The average Bonchev–Trinajstić information content (AvgIpc) is 2.18. The van der Waals surface area contributed by atoms with E-state index in [2.05, 4.69) is 10.8 Å². The highest BCUT2D eigenvalue weighted by Crippen LogP contribution is 2.17. The molecule has 3 heteroatoms. The number of hydrogen-bond donors (Lipinski definition) is 0. The van der Waals surface area contributed by atoms with Gasteiger partial charge in [-0.3, -0.25) is 0 Å². The summed E-state index contributed by atoms with van der Waals surface area (Å²) < 4.78 is 9.82. The van der Waals surface area contributed by atoms with Crippen LogP contribution in [0.5, 0.6) is 5.75 Å². The van der Waals surface area contributed by atoms with E-state index in [1.165, 1.54) is 7.11 Å². The van der Waals surface area contributed by atoms with Crippen LogP contribution >= 0.6 is 0 Å². The Labute approximate surface area is 77.3 Å². The third kappa shape index (κ3) is 2.21. The fourth-order valence-corrected chi connectivity index (χ4v) is 0.967. The topological polar surface area (TPSA) is 35.5 Å². The first-order chi connectivity index (χ1) is 6.29. The molecule has 0 bridgehead atoms. The van der Waals surface area contributed by atoms with E-state index in [1.807, 2.05) is 6.92 Å². The van der Waals surface area contributed by atoms with Crippen molar-refractivity contribution in [2.45, 2.75) is 6.92 Å². The van der Waals surface area contributed by atoms with Crippen molar-refractivity contribution in [3.05, 3.63) is 29.8 Å². The minimum Gasteiger partial charge on any atom is -0.493 e. The van der Waals surface area contributed by atoms with Gasteiger partial charge in [0.05, 0.1) is 13.7 Å². The van der Waals surface area contributed by atoms with Gasteiger partial charge in [0.2, 0.25) is 0 Å². The van der Waals surface area contributed by atoms with Gasteiger partial charge in [0.15, 0.2) is 0 Å². The lowest BCUT2D eigenvalue weighted by molar-refractivity contribution is 0.0596. The van der Waals surface area contributed by atoms with Gasteiger partial charge in [-0.05, 0) is 25.1 Å². The predicted molar refractivity (Wildman–Crippen MR) is 47.8 cm³/mol. The van der Waals surface area contributed by atoms with E-state index in [0.29, 0.717) is 17.9 Å². The molecular weight excluding hydrogens is 168 g/mol. The van der Waals surface area contributed by atoms with E-state index in [1.54, 1.807) is 18.2 Å². The van der Waals surface area contributed by atoms with E-state index < -0.39 is 5.97 Å². The molecule has 1 radical (unpaired) electrons. The van der Waals surface area contributed by atoms with E-state index in [4.69, 9.17) is 4.74 Å². The van der Waals surface area contributed by atoms with E-state index in [-0.39, 0.29) is 0 Å². The van der Waals surface area contributed by atoms with Crippen molar-refractivity contribution >= 4 is 5.97 Å². The van der Waals surface area contributed by atoms with Gasteiger partial charge in [-0.15, -0.1) is 0 Å². The van der Waals surface area contributed by atoms with E-state index >= 15 is 0 Å². The van der Waals surface area contributed by atoms with E-state index in [9.17, 15) is 4.79 Å². The summed E-state index contributed by atoms with van der Waals surface area (Å²) in [6, 6.07) is 7.73. The molecule has 1 aromatic carbocycles. The fourth-order valence-electron chi connectivity index (χ4n) is 0.967. The van der Waals surface area contributed by atoms with Crippen LogP contribution in [0.1, 0.15) is 17.3 Å². The van der Waals surface area contributed by atoms with Crippen LogP contribution in [0.25, 0.3) is 0 Å². The molecule has 0 heterocycles. The number of esters is 1. The molecule has 0 spiro atoms. The number of benzene rings is 1. The maximum Gasteiger partial charge on any atom is 0.341 e. The largest absolute Gasteiger partial charge is 0.493 e. The first-order valence-electron chi connectivity index (χ1n) is 4.00. The molecule has 0 aliphatic carbocycles. The summed E-state index contributed by atoms with van der Waals surface area (Å²) in [4.78, 5) is 11.2. The fraction of sp³-hybridized carbons (Fsp3) is 0.300. The Kier molecular flexibility index (Phi) is 3.31. The highest BCUT2D eigenvalue weighted by molar-refractivity contribution is 5.92. The summed E-state index contributed by atoms with van der Waals surface area (Å²) in [6.07, 6.45) is 0. The Bertz CT molecular complexity index is 294. The quantitative estimate of drug-likeness (QED) is 0.662. The van der Waals surface area contributed by atoms with Crippen molar-refractivity contribution in [1.29, 1.82) is 0 Å². The zero-order valence-corrected chi connectivity index (χ0v) is 7.66. The Morgan fingerprint density at radius 3 is 3.00 bits per heavy atom. The number of carbonyl (C=O) groups excluding carboxylic acids is 1. The molecule has 3 nitrogen and oxygen atoms in total. The molecule has 0 aliphatic heterocycles. The van der Waals surface area contributed by atoms with Gasteiger partial charge in [-0.1, -0.05) is 6.07 Å². The lowest BCUT2D eigenvalue weighted by Gasteiger charge is -2.06. The molecule has 0 unspecified atom stereocenters. The van der Waals surface area contributed by atoms with E-state index in [0.717, 1.165) is 0 Å². The molecule has 0 aliphatic rings. The minimum absolute atomic E-state index is 0.403. The number of hydrogen-bond acceptors (Lipinski definition) is 3. The van der Waals surface area contributed by atoms with Gasteiger partial charge in [0.1, 0.15) is 11.3 Å². The summed E-state index contributed by atoms with van der Waals surface area (Å²) in [6.45, 7) is 2.38. The monoisotopic (exact) mass is 179 g/mol. The molecular formula is C10H11O3. The van der Waals surface area contributed by atoms with Gasteiger partial charge < -0.3 is 9.47 Å². The van der Waals surface area contributed by atoms with Crippen molar-refractivity contribution in [3.8, 4) is 5.75 Å². The molecule has 0 amide bonds. The zero-order valence-electron chi connectivity index (χ0n) is 7.66. The number of ether oxygens (including phenoxy) is 2. The van der Waals surface area contributed by atoms with Crippen molar-refractivity contribution < 1.29 is 14.3 Å². The minimum atomic E-state index is -0.403. The molecule has 0 aromatic heterocycles. The van der Waals surface area contributed by atoms with Crippen LogP contribution in [-0.4, -0.2) is 19.7 Å². The summed E-state index contributed by atoms with van der Waals surface area (Å²) in [5, 5.41) is 0. The Hall–Kier alpha value is -1.51. The van der Waals surface area contributed by atoms with Gasteiger partial charge in [0, 0.05) is 0 Å². The van der Waals surface area contributed by atoms with Crippen LogP contribution in [0.4, 0.5) is 0 Å². The summed E-state index contributed by atoms with van der Waals surface area (Å²) >= 11 is 0. The Balaban J connectivity index is 2.97. The normalized spacial score (nSPS) is 9.38. The molecule has 13 heavy (non-hydrogen) atoms. The van der Waals surface area contributed by atoms with Crippen molar-refractivity contribution in [2.75, 3.05) is 13.7 Å². The Morgan fingerprint density at radius 2 is 2.38 bits per heavy atom. The summed E-state index contributed by atoms with van der Waals surface area (Å²) in [5.74, 6) is 0.133. The molecule has 0 saturated carbocycles. The summed E-state index contributed by atoms with van der Waals surface area (Å²) in [5.41, 5.74) is 0.409. The van der Waals surface area contributed by atoms with Crippen molar-refractivity contribution in [2.24, 2.45) is 0 Å². The lowest BCUT2D eigenvalue weighted by Crippen LogP contribution is -2.05. The van der Waals surface area contributed by atoms with Crippen LogP contribution < -0.4 is 4.74 Å². The molecule has 0 atom stereocenters. The van der Waals surface area contributed by atoms with Crippen molar-refractivity contribution in [3.63, 3.8) is 0 Å². The van der Waals surface area contributed by atoms with Gasteiger partial charge in [0.25, 0.3) is 0 Å². The first-order valence-corrected chi connectivity index (χ1v) is 4.00. The van der Waals surface area contributed by atoms with Gasteiger partial charge in [-0.2, -0.15) is 0 Å². The second-order valence-corrected chi connectivity index (χ2v) is 2.35. The second-order valence-electron chi connectivity index (χ2n) is 2.35. The molecule has 1 rings (SSSR count). The lowest BCUT2D eigenvalue weighted by atomic mass is 10.2. The molecule has 0 fully saturated rings. The molecule has 1 aromatic rings. The van der Waals surface area contributed by atoms with Crippen LogP contribution in [-0.2, 0) is 4.74 Å². The maximum atomic E-state index is 11.2. The zero-order chi connectivity index (χ0) is 9.68. The van der Waals surface area contributed by atoms with Crippen LogP contribution in [0.15, 0.2) is 18.2 Å². The maximum absolute atomic E-state index is 11.2. The number of rotatable bonds is 3. The van der Waals surface area contributed by atoms with Crippen LogP contribution in [0, 0.1) is 6.07 Å². The third-order valence-electron chi connectivity index (χ3n) is 1.53. The third-order valence-corrected chi connectivity index (χ3v) is 1.53. The van der Waals surface area contributed by atoms with Gasteiger partial charge in [-0.25, -0.2) is 4.79 Å². The average molecular weight is 179 g/mol. The first kappa shape index (κ1) is 9.58. The molecule has 0 N–H and O–H groups in total. The van der Waals surface area contributed by atoms with Crippen LogP contribution in [0.3, 0.4) is 0 Å². The van der Waals surface area contributed by atoms with Crippen molar-refractivity contribution in [1.82, 2.24) is 0 Å². The molecule has 0 saturated heterocycles. The SMILES string of the molecule is CCOc1cc[c]cc1C(=O)OC. The van der Waals surface area contributed by atoms with Crippen LogP contribution in [0.2, 0.25) is 0 Å². The Morgan fingerprint density at radius 1 is 1.62 bits per heavy atom. The second kappa shape index (κ2) is 4.50. The highest BCUT2D eigenvalue weighted by atomic mass is 16.5. The molecule has 69 valence electrons. The van der Waals surface area contributed by atoms with Gasteiger partial charge >= 0.3 is 5.97 Å². The standard InChI is InChI=1S/C10H11O3/c1-3-13-9-7-5-4-6-8(9)10(11)12-2/h5-7H,3H2,1-2H3.